The topological polar surface area (TPSA) is 75.7 Å². The van der Waals surface area contributed by atoms with Crippen molar-refractivity contribution in [1.82, 2.24) is 9.62 Å². The first-order chi connectivity index (χ1) is 13.2. The number of carbonyl (C=O) groups is 1. The Labute approximate surface area is 178 Å². The summed E-state index contributed by atoms with van der Waals surface area (Å²) in [5.41, 5.74) is 1.93. The van der Waals surface area contributed by atoms with E-state index in [0.717, 1.165) is 26.3 Å². The number of thiophene rings is 1. The van der Waals surface area contributed by atoms with Crippen LogP contribution in [0.5, 0.6) is 5.75 Å². The minimum Gasteiger partial charge on any atom is -0.496 e. The molecular weight excluding hydrogens is 464 g/mol. The summed E-state index contributed by atoms with van der Waals surface area (Å²) in [6.45, 7) is 4.19. The number of hydrogen-bond acceptors (Lipinski definition) is 5. The number of sulfonamides is 1. The van der Waals surface area contributed by atoms with Crippen LogP contribution < -0.4 is 10.1 Å². The number of nitrogens with one attached hydrogen (secondary N) is 1. The molecule has 1 aliphatic heterocycles. The molecule has 3 rings (SSSR count). The zero-order valence-electron chi connectivity index (χ0n) is 15.9. The Morgan fingerprint density at radius 1 is 1.36 bits per heavy atom. The second-order valence-electron chi connectivity index (χ2n) is 6.81. The summed E-state index contributed by atoms with van der Waals surface area (Å²) >= 11 is 4.45. The lowest BCUT2D eigenvalue weighted by molar-refractivity contribution is -0.124. The standard InChI is InChI=1S/C19H23BrN2O4S2/c1-12-6-7-16(26-3)14(11-12)13(2)21-19(23)15-5-4-10-22(15)28(24,25)18-9-8-17(20)27-18/h6-9,11,13,15H,4-5,10H2,1-3H3,(H,21,23). The van der Waals surface area contributed by atoms with E-state index in [-0.39, 0.29) is 16.2 Å². The van der Waals surface area contributed by atoms with Gasteiger partial charge in [-0.15, -0.1) is 11.3 Å². The number of nitrogens with zero attached hydrogens (tertiary/aromatic N) is 1. The maximum atomic E-state index is 13.0. The lowest BCUT2D eigenvalue weighted by Gasteiger charge is -2.25. The largest absolute Gasteiger partial charge is 0.496 e. The predicted octanol–water partition coefficient (Wildman–Crippen LogP) is 3.86. The molecule has 0 aliphatic carbocycles. The third-order valence-corrected chi connectivity index (χ3v) is 8.83. The van der Waals surface area contributed by atoms with E-state index in [2.05, 4.69) is 21.2 Å². The molecule has 1 N–H and O–H groups in total. The average molecular weight is 487 g/mol. The predicted molar refractivity (Wildman–Crippen MR) is 113 cm³/mol. The van der Waals surface area contributed by atoms with Gasteiger partial charge in [0.2, 0.25) is 5.91 Å². The molecule has 28 heavy (non-hydrogen) atoms. The van der Waals surface area contributed by atoms with Crippen LogP contribution in [0.4, 0.5) is 0 Å². The normalized spacial score (nSPS) is 18.8. The molecule has 1 amide bonds. The number of rotatable bonds is 6. The highest BCUT2D eigenvalue weighted by atomic mass is 79.9. The van der Waals surface area contributed by atoms with Crippen LogP contribution in [-0.4, -0.2) is 38.3 Å². The second-order valence-corrected chi connectivity index (χ2v) is 11.4. The second kappa shape index (κ2) is 8.52. The van der Waals surface area contributed by atoms with Crippen molar-refractivity contribution in [3.8, 4) is 5.75 Å². The molecule has 1 aromatic heterocycles. The number of ether oxygens (including phenoxy) is 1. The van der Waals surface area contributed by atoms with E-state index in [1.54, 1.807) is 19.2 Å². The Morgan fingerprint density at radius 2 is 2.11 bits per heavy atom. The summed E-state index contributed by atoms with van der Waals surface area (Å²) in [5.74, 6) is 0.408. The van der Waals surface area contributed by atoms with Crippen LogP contribution in [0.1, 0.15) is 36.9 Å². The van der Waals surface area contributed by atoms with E-state index in [1.807, 2.05) is 32.0 Å². The molecule has 1 saturated heterocycles. The zero-order chi connectivity index (χ0) is 20.5. The molecule has 2 atom stereocenters. The van der Waals surface area contributed by atoms with Gasteiger partial charge in [-0.05, 0) is 60.8 Å². The van der Waals surface area contributed by atoms with Gasteiger partial charge in [0.25, 0.3) is 10.0 Å². The van der Waals surface area contributed by atoms with Crippen LogP contribution in [-0.2, 0) is 14.8 Å². The zero-order valence-corrected chi connectivity index (χ0v) is 19.2. The molecule has 9 heteroatoms. The molecule has 152 valence electrons. The SMILES string of the molecule is COc1ccc(C)cc1C(C)NC(=O)C1CCCN1S(=O)(=O)c1ccc(Br)s1. The van der Waals surface area contributed by atoms with Crippen molar-refractivity contribution in [1.29, 1.82) is 0 Å². The third kappa shape index (κ3) is 4.27. The van der Waals surface area contributed by atoms with Crippen molar-refractivity contribution in [2.75, 3.05) is 13.7 Å². The fourth-order valence-corrected chi connectivity index (χ4v) is 7.22. The monoisotopic (exact) mass is 486 g/mol. The van der Waals surface area contributed by atoms with Crippen LogP contribution in [0.15, 0.2) is 38.3 Å². The maximum absolute atomic E-state index is 13.0. The van der Waals surface area contributed by atoms with Gasteiger partial charge in [0, 0.05) is 12.1 Å². The first kappa shape index (κ1) is 21.3. The van der Waals surface area contributed by atoms with Crippen molar-refractivity contribution in [3.63, 3.8) is 0 Å². The molecule has 0 spiro atoms. The summed E-state index contributed by atoms with van der Waals surface area (Å²) in [4.78, 5) is 12.9. The van der Waals surface area contributed by atoms with E-state index >= 15 is 0 Å². The Kier molecular flexibility index (Phi) is 6.48. The number of carbonyl (C=O) groups excluding carboxylic acids is 1. The molecule has 0 bridgehead atoms. The molecule has 2 heterocycles. The van der Waals surface area contributed by atoms with E-state index in [9.17, 15) is 13.2 Å². The Balaban J connectivity index is 1.79. The number of amides is 1. The molecule has 1 aromatic carbocycles. The number of methoxy groups -OCH3 is 1. The van der Waals surface area contributed by atoms with Crippen LogP contribution in [0.2, 0.25) is 0 Å². The lowest BCUT2D eigenvalue weighted by Crippen LogP contribution is -2.46. The molecule has 2 aromatic rings. The number of aryl methyl sites for hydroxylation is 1. The summed E-state index contributed by atoms with van der Waals surface area (Å²) < 4.78 is 33.7. The van der Waals surface area contributed by atoms with Gasteiger partial charge in [0.05, 0.1) is 16.9 Å². The van der Waals surface area contributed by atoms with Crippen LogP contribution in [0, 0.1) is 6.92 Å². The minimum absolute atomic E-state index is 0.243. The number of hydrogen-bond donors (Lipinski definition) is 1. The molecule has 1 aliphatic rings. The van der Waals surface area contributed by atoms with Crippen LogP contribution >= 0.6 is 27.3 Å². The van der Waals surface area contributed by atoms with Crippen molar-refractivity contribution < 1.29 is 17.9 Å². The van der Waals surface area contributed by atoms with E-state index in [0.29, 0.717) is 25.1 Å². The van der Waals surface area contributed by atoms with Gasteiger partial charge in [-0.2, -0.15) is 4.31 Å². The molecule has 1 fully saturated rings. The Bertz CT molecular complexity index is 974. The molecular formula is C19H23BrN2O4S2. The lowest BCUT2D eigenvalue weighted by atomic mass is 10.0. The van der Waals surface area contributed by atoms with Gasteiger partial charge >= 0.3 is 0 Å². The van der Waals surface area contributed by atoms with Crippen molar-refractivity contribution in [3.05, 3.63) is 45.2 Å². The van der Waals surface area contributed by atoms with E-state index in [1.165, 1.54) is 4.31 Å². The van der Waals surface area contributed by atoms with Crippen molar-refractivity contribution >= 4 is 43.2 Å². The fourth-order valence-electron chi connectivity index (χ4n) is 3.42. The molecule has 0 saturated carbocycles. The number of benzene rings is 1. The molecule has 2 unspecified atom stereocenters. The molecule has 6 nitrogen and oxygen atoms in total. The van der Waals surface area contributed by atoms with Crippen LogP contribution in [0.3, 0.4) is 0 Å². The summed E-state index contributed by atoms with van der Waals surface area (Å²) in [7, 11) is -2.11. The van der Waals surface area contributed by atoms with E-state index in [4.69, 9.17) is 4.74 Å². The highest BCUT2D eigenvalue weighted by molar-refractivity contribution is 9.11. The van der Waals surface area contributed by atoms with Gasteiger partial charge in [-0.3, -0.25) is 4.79 Å². The van der Waals surface area contributed by atoms with Crippen molar-refractivity contribution in [2.24, 2.45) is 0 Å². The summed E-state index contributed by atoms with van der Waals surface area (Å²) in [6, 6.07) is 8.05. The quantitative estimate of drug-likeness (QED) is 0.672. The number of halogens is 1. The third-order valence-electron chi connectivity index (χ3n) is 4.83. The first-order valence-electron chi connectivity index (χ1n) is 8.96. The van der Waals surface area contributed by atoms with Gasteiger partial charge in [-0.1, -0.05) is 17.7 Å². The minimum atomic E-state index is -3.70. The highest BCUT2D eigenvalue weighted by Gasteiger charge is 2.40. The maximum Gasteiger partial charge on any atom is 0.253 e. The summed E-state index contributed by atoms with van der Waals surface area (Å²) in [5, 5.41) is 2.97. The Hall–Kier alpha value is -1.42. The van der Waals surface area contributed by atoms with Gasteiger partial charge in [0.15, 0.2) is 0 Å². The average Bonchev–Trinajstić information content (AvgIpc) is 3.31. The molecule has 0 radical (unpaired) electrons. The van der Waals surface area contributed by atoms with Gasteiger partial charge < -0.3 is 10.1 Å². The Morgan fingerprint density at radius 3 is 2.75 bits per heavy atom. The van der Waals surface area contributed by atoms with Crippen molar-refractivity contribution in [2.45, 2.75) is 43.0 Å². The van der Waals surface area contributed by atoms with Gasteiger partial charge in [0.1, 0.15) is 16.0 Å². The smallest absolute Gasteiger partial charge is 0.253 e. The highest BCUT2D eigenvalue weighted by Crippen LogP contribution is 2.33. The van der Waals surface area contributed by atoms with E-state index < -0.39 is 16.1 Å². The fraction of sp³-hybridized carbons (Fsp3) is 0.421. The van der Waals surface area contributed by atoms with Gasteiger partial charge in [-0.25, -0.2) is 8.42 Å². The summed E-state index contributed by atoms with van der Waals surface area (Å²) in [6.07, 6.45) is 1.17. The first-order valence-corrected chi connectivity index (χ1v) is 12.0. The van der Waals surface area contributed by atoms with Crippen LogP contribution in [0.25, 0.3) is 0 Å².